The van der Waals surface area contributed by atoms with Crippen LogP contribution in [0.5, 0.6) is 0 Å². The molecule has 0 amide bonds. The summed E-state index contributed by atoms with van der Waals surface area (Å²) in [6.07, 6.45) is 0. The van der Waals surface area contributed by atoms with Gasteiger partial charge in [-0.1, -0.05) is 24.3 Å². The number of nitrogens with zero attached hydrogens (tertiary/aromatic N) is 3. The highest BCUT2D eigenvalue weighted by molar-refractivity contribution is 5.95. The zero-order valence-electron chi connectivity index (χ0n) is 12.1. The Morgan fingerprint density at radius 2 is 1.77 bits per heavy atom. The van der Waals surface area contributed by atoms with Crippen LogP contribution < -0.4 is 16.8 Å². The second-order valence-corrected chi connectivity index (χ2v) is 5.52. The second-order valence-electron chi connectivity index (χ2n) is 5.52. The minimum Gasteiger partial charge on any atom is -0.399 e. The molecule has 2 aromatic carbocycles. The lowest BCUT2D eigenvalue weighted by Gasteiger charge is -2.33. The number of nitrogens with two attached hydrogens (primary N) is 2. The van der Waals surface area contributed by atoms with Crippen LogP contribution in [0.2, 0.25) is 0 Å². The van der Waals surface area contributed by atoms with Crippen LogP contribution in [0.3, 0.4) is 0 Å². The Morgan fingerprint density at radius 1 is 1.05 bits per heavy atom. The van der Waals surface area contributed by atoms with E-state index in [0.717, 1.165) is 16.6 Å². The van der Waals surface area contributed by atoms with Crippen molar-refractivity contribution in [2.75, 3.05) is 11.1 Å². The smallest absolute Gasteiger partial charge is 0.213 e. The van der Waals surface area contributed by atoms with Crippen molar-refractivity contribution >= 4 is 28.6 Å². The van der Waals surface area contributed by atoms with Crippen LogP contribution >= 0.6 is 0 Å². The lowest BCUT2D eigenvalue weighted by molar-refractivity contribution is 0.424. The first-order chi connectivity index (χ1) is 10.6. The van der Waals surface area contributed by atoms with Gasteiger partial charge >= 0.3 is 0 Å². The highest BCUT2D eigenvalue weighted by atomic mass is 15.4. The highest BCUT2D eigenvalue weighted by Crippen LogP contribution is 2.37. The Bertz CT molecular complexity index is 893. The largest absolute Gasteiger partial charge is 0.399 e. The molecule has 0 saturated carbocycles. The van der Waals surface area contributed by atoms with Gasteiger partial charge in [-0.3, -0.25) is 9.88 Å². The van der Waals surface area contributed by atoms with E-state index in [1.807, 2.05) is 55.5 Å². The molecule has 1 unspecified atom stereocenters. The van der Waals surface area contributed by atoms with E-state index >= 15 is 0 Å². The van der Waals surface area contributed by atoms with Gasteiger partial charge in [0.1, 0.15) is 0 Å². The van der Waals surface area contributed by atoms with Gasteiger partial charge in [-0.2, -0.15) is 0 Å². The van der Waals surface area contributed by atoms with Gasteiger partial charge in [0.05, 0.1) is 11.0 Å². The Hall–Kier alpha value is -3.02. The van der Waals surface area contributed by atoms with E-state index < -0.39 is 5.66 Å². The first kappa shape index (κ1) is 12.7. The average molecular weight is 292 g/mol. The number of hydrogen-bond acceptors (Lipinski definition) is 5. The molecule has 6 heteroatoms. The van der Waals surface area contributed by atoms with Gasteiger partial charge in [-0.15, -0.1) is 0 Å². The van der Waals surface area contributed by atoms with Gasteiger partial charge in [0.15, 0.2) is 11.6 Å². The third kappa shape index (κ3) is 1.67. The molecule has 1 atom stereocenters. The quantitative estimate of drug-likeness (QED) is 0.598. The maximum absolute atomic E-state index is 5.98. The molecule has 1 aliphatic heterocycles. The molecular weight excluding hydrogens is 276 g/mol. The zero-order valence-corrected chi connectivity index (χ0v) is 12.1. The second kappa shape index (κ2) is 4.24. The lowest BCUT2D eigenvalue weighted by atomic mass is 10.0. The molecule has 0 saturated heterocycles. The predicted molar refractivity (Wildman–Crippen MR) is 88.6 cm³/mol. The maximum atomic E-state index is 5.98. The molecule has 110 valence electrons. The number of hydrogen-bond donors (Lipinski definition) is 3. The van der Waals surface area contributed by atoms with Crippen LogP contribution in [-0.2, 0) is 5.66 Å². The fraction of sp³-hybridized carbons (Fsp3) is 0.125. The lowest BCUT2D eigenvalue weighted by Crippen LogP contribution is -2.41. The van der Waals surface area contributed by atoms with E-state index in [9.17, 15) is 0 Å². The summed E-state index contributed by atoms with van der Waals surface area (Å²) in [4.78, 5) is 9.25. The van der Waals surface area contributed by atoms with Gasteiger partial charge in [-0.25, -0.2) is 9.98 Å². The Kier molecular flexibility index (Phi) is 2.45. The topological polar surface area (TPSA) is 94.2 Å². The molecule has 2 heterocycles. The van der Waals surface area contributed by atoms with Crippen molar-refractivity contribution in [3.63, 3.8) is 0 Å². The van der Waals surface area contributed by atoms with Crippen LogP contribution in [0.15, 0.2) is 53.5 Å². The number of anilines is 2. The molecule has 22 heavy (non-hydrogen) atoms. The van der Waals surface area contributed by atoms with E-state index in [0.29, 0.717) is 17.6 Å². The Balaban J connectivity index is 2.03. The van der Waals surface area contributed by atoms with Crippen molar-refractivity contribution in [3.8, 4) is 0 Å². The highest BCUT2D eigenvalue weighted by Gasteiger charge is 2.36. The van der Waals surface area contributed by atoms with Crippen LogP contribution in [0.4, 0.5) is 11.6 Å². The van der Waals surface area contributed by atoms with Gasteiger partial charge in [0, 0.05) is 11.3 Å². The standard InChI is InChI=1S/C16H16N6/c1-16(10-6-8-11(17)9-7-10)21-14(18)20-15-19-12-4-2-3-5-13(12)22(15)16/h2-9H,17H2,1H3,(H3,18,19,20,21). The SMILES string of the molecule is CC1(c2ccc(N)cc2)N=C(N)Nc2nc3ccccc3n21. The molecule has 4 rings (SSSR count). The van der Waals surface area contributed by atoms with Gasteiger partial charge in [0.2, 0.25) is 5.95 Å². The number of nitrogens with one attached hydrogen (secondary N) is 1. The van der Waals surface area contributed by atoms with Crippen LogP contribution in [-0.4, -0.2) is 15.5 Å². The van der Waals surface area contributed by atoms with Crippen molar-refractivity contribution < 1.29 is 0 Å². The Labute approximate surface area is 127 Å². The van der Waals surface area contributed by atoms with Crippen molar-refractivity contribution in [3.05, 3.63) is 54.1 Å². The number of imidazole rings is 1. The minimum atomic E-state index is -0.672. The molecule has 0 aliphatic carbocycles. The van der Waals surface area contributed by atoms with E-state index in [1.165, 1.54) is 0 Å². The molecule has 1 aliphatic rings. The molecular formula is C16H16N6. The van der Waals surface area contributed by atoms with Crippen molar-refractivity contribution in [1.82, 2.24) is 9.55 Å². The number of fused-ring (bicyclic) bond motifs is 3. The fourth-order valence-corrected chi connectivity index (χ4v) is 2.97. The minimum absolute atomic E-state index is 0.349. The average Bonchev–Trinajstić information content (AvgIpc) is 2.86. The summed E-state index contributed by atoms with van der Waals surface area (Å²) in [6, 6.07) is 15.6. The predicted octanol–water partition coefficient (Wildman–Crippen LogP) is 2.08. The Morgan fingerprint density at radius 3 is 2.55 bits per heavy atom. The summed E-state index contributed by atoms with van der Waals surface area (Å²) in [5.41, 5.74) is 14.7. The van der Waals surface area contributed by atoms with E-state index in [2.05, 4.69) is 19.9 Å². The number of aliphatic imine (C=N–C) groups is 1. The van der Waals surface area contributed by atoms with E-state index in [-0.39, 0.29) is 0 Å². The van der Waals surface area contributed by atoms with Gasteiger partial charge in [0.25, 0.3) is 0 Å². The summed E-state index contributed by atoms with van der Waals surface area (Å²) < 4.78 is 2.06. The number of benzene rings is 2. The third-order valence-electron chi connectivity index (χ3n) is 4.03. The van der Waals surface area contributed by atoms with Crippen LogP contribution in [0, 0.1) is 0 Å². The number of guanidine groups is 1. The van der Waals surface area contributed by atoms with Crippen molar-refractivity contribution in [2.45, 2.75) is 12.6 Å². The summed E-state index contributed by atoms with van der Waals surface area (Å²) in [5.74, 6) is 1.04. The molecule has 3 aromatic rings. The van der Waals surface area contributed by atoms with Gasteiger partial charge < -0.3 is 11.5 Å². The fourth-order valence-electron chi connectivity index (χ4n) is 2.97. The number of nitrogen functional groups attached to an aromatic ring is 1. The monoisotopic (exact) mass is 292 g/mol. The van der Waals surface area contributed by atoms with Gasteiger partial charge in [-0.05, 0) is 31.2 Å². The summed E-state index contributed by atoms with van der Waals surface area (Å²) in [6.45, 7) is 2.02. The zero-order chi connectivity index (χ0) is 15.3. The first-order valence-corrected chi connectivity index (χ1v) is 7.04. The molecule has 0 bridgehead atoms. The van der Waals surface area contributed by atoms with E-state index in [4.69, 9.17) is 11.5 Å². The summed E-state index contributed by atoms with van der Waals surface area (Å²) in [7, 11) is 0. The van der Waals surface area contributed by atoms with Crippen LogP contribution in [0.1, 0.15) is 12.5 Å². The number of aromatic nitrogens is 2. The molecule has 0 radical (unpaired) electrons. The third-order valence-corrected chi connectivity index (χ3v) is 4.03. The molecule has 0 fully saturated rings. The summed E-state index contributed by atoms with van der Waals surface area (Å²) in [5, 5.41) is 3.04. The first-order valence-electron chi connectivity index (χ1n) is 7.04. The van der Waals surface area contributed by atoms with Crippen molar-refractivity contribution in [1.29, 1.82) is 0 Å². The molecule has 0 spiro atoms. The van der Waals surface area contributed by atoms with Crippen LogP contribution in [0.25, 0.3) is 11.0 Å². The number of rotatable bonds is 1. The summed E-state index contributed by atoms with van der Waals surface area (Å²) >= 11 is 0. The normalized spacial score (nSPS) is 20.3. The molecule has 6 nitrogen and oxygen atoms in total. The maximum Gasteiger partial charge on any atom is 0.213 e. The van der Waals surface area contributed by atoms with Crippen molar-refractivity contribution in [2.24, 2.45) is 10.7 Å². The number of para-hydroxylation sites is 2. The molecule has 5 N–H and O–H groups in total. The molecule has 1 aromatic heterocycles. The van der Waals surface area contributed by atoms with E-state index in [1.54, 1.807) is 0 Å².